The van der Waals surface area contributed by atoms with E-state index in [1.165, 1.54) is 17.8 Å². The number of halogens is 1. The number of hydrogen-bond donors (Lipinski definition) is 1. The van der Waals surface area contributed by atoms with Gasteiger partial charge in [0, 0.05) is 69.1 Å². The summed E-state index contributed by atoms with van der Waals surface area (Å²) in [5.41, 5.74) is 3.36. The number of aliphatic imine (C=N–C) groups is 1. The number of allylic oxidation sites excluding steroid dienone is 2. The van der Waals surface area contributed by atoms with Crippen LogP contribution in [0.2, 0.25) is 0 Å². The quantitative estimate of drug-likeness (QED) is 0.519. The topological polar surface area (TPSA) is 66.8 Å². The van der Waals surface area contributed by atoms with Crippen molar-refractivity contribution in [1.82, 2.24) is 9.88 Å². The average Bonchev–Trinajstić information content (AvgIpc) is 2.74. The molecule has 1 saturated heterocycles. The van der Waals surface area contributed by atoms with Gasteiger partial charge in [0.2, 0.25) is 5.91 Å². The maximum atomic E-state index is 14.4. The molecule has 7 heteroatoms. The number of nitrogens with zero attached hydrogens (tertiary/aromatic N) is 3. The number of aromatic nitrogens is 1. The van der Waals surface area contributed by atoms with Crippen molar-refractivity contribution in [2.75, 3.05) is 32.6 Å². The number of anilines is 1. The van der Waals surface area contributed by atoms with E-state index in [1.807, 2.05) is 24.3 Å². The Labute approximate surface area is 182 Å². The number of amides is 1. The molecule has 1 aromatic heterocycles. The molecule has 0 aliphatic carbocycles. The van der Waals surface area contributed by atoms with Gasteiger partial charge in [0.25, 0.3) is 0 Å². The number of nitrogens with one attached hydrogen (secondary N) is 1. The zero-order valence-corrected chi connectivity index (χ0v) is 18.0. The Morgan fingerprint density at radius 2 is 2.06 bits per heavy atom. The Bertz CT molecular complexity index is 993. The van der Waals surface area contributed by atoms with E-state index < -0.39 is 5.82 Å². The first kappa shape index (κ1) is 22.5. The van der Waals surface area contributed by atoms with Gasteiger partial charge >= 0.3 is 0 Å². The molecule has 1 aromatic carbocycles. The number of rotatable bonds is 8. The molecule has 0 saturated carbocycles. The summed E-state index contributed by atoms with van der Waals surface area (Å²) in [4.78, 5) is 22.5. The lowest BCUT2D eigenvalue weighted by atomic mass is 10.0. The summed E-state index contributed by atoms with van der Waals surface area (Å²) in [6.45, 7) is 4.54. The standard InChI is InChI=1S/C24H27FN4O2/c1-4-18(11-26-2)24-19(12-27-13-22(24)25)7-10-23(30)28-20-8-5-17(6-9-20)14-29-15-21(16-29)31-3/h4-13,21H,14-16H2,1-3H3,(H,28,30)/b10-7+,18-4+,26-11-. The van der Waals surface area contributed by atoms with Crippen molar-refractivity contribution in [1.29, 1.82) is 0 Å². The molecule has 0 spiro atoms. The summed E-state index contributed by atoms with van der Waals surface area (Å²) in [6, 6.07) is 7.74. The minimum atomic E-state index is -0.467. The first-order valence-electron chi connectivity index (χ1n) is 10.1. The normalized spacial score (nSPS) is 15.5. The molecule has 0 radical (unpaired) electrons. The van der Waals surface area contributed by atoms with Crippen LogP contribution in [0.4, 0.5) is 10.1 Å². The molecule has 1 aliphatic rings. The molecule has 31 heavy (non-hydrogen) atoms. The molecule has 3 rings (SSSR count). The van der Waals surface area contributed by atoms with Crippen LogP contribution in [0.5, 0.6) is 0 Å². The van der Waals surface area contributed by atoms with Crippen molar-refractivity contribution in [2.45, 2.75) is 19.6 Å². The fourth-order valence-corrected chi connectivity index (χ4v) is 3.41. The Hall–Kier alpha value is -3.16. The smallest absolute Gasteiger partial charge is 0.248 e. The third-order valence-electron chi connectivity index (χ3n) is 5.10. The second-order valence-corrected chi connectivity index (χ2v) is 7.29. The molecule has 0 unspecified atom stereocenters. The summed E-state index contributed by atoms with van der Waals surface area (Å²) >= 11 is 0. The summed E-state index contributed by atoms with van der Waals surface area (Å²) in [5, 5.41) is 2.82. The summed E-state index contributed by atoms with van der Waals surface area (Å²) in [6.07, 6.45) is 9.27. The number of methoxy groups -OCH3 is 1. The van der Waals surface area contributed by atoms with E-state index in [4.69, 9.17) is 4.74 Å². The summed E-state index contributed by atoms with van der Waals surface area (Å²) < 4.78 is 19.7. The number of likely N-dealkylation sites (tertiary alicyclic amines) is 1. The number of hydrogen-bond acceptors (Lipinski definition) is 5. The van der Waals surface area contributed by atoms with Crippen LogP contribution in [0.25, 0.3) is 11.6 Å². The van der Waals surface area contributed by atoms with Gasteiger partial charge in [0.15, 0.2) is 0 Å². The Balaban J connectivity index is 1.63. The van der Waals surface area contributed by atoms with Crippen LogP contribution >= 0.6 is 0 Å². The molecule has 162 valence electrons. The predicted molar refractivity (Wildman–Crippen MR) is 122 cm³/mol. The third kappa shape index (κ3) is 5.93. The van der Waals surface area contributed by atoms with Crippen molar-refractivity contribution in [3.8, 4) is 0 Å². The maximum absolute atomic E-state index is 14.4. The van der Waals surface area contributed by atoms with Gasteiger partial charge in [0.05, 0.1) is 12.3 Å². The van der Waals surface area contributed by atoms with E-state index in [9.17, 15) is 9.18 Å². The lowest BCUT2D eigenvalue weighted by molar-refractivity contribution is -0.111. The van der Waals surface area contributed by atoms with Gasteiger partial charge in [-0.15, -0.1) is 0 Å². The molecule has 1 aliphatic heterocycles. The zero-order valence-electron chi connectivity index (χ0n) is 18.0. The Kier molecular flexibility index (Phi) is 7.81. The third-order valence-corrected chi connectivity index (χ3v) is 5.10. The number of ether oxygens (including phenoxy) is 1. The highest BCUT2D eigenvalue weighted by molar-refractivity contribution is 6.11. The molecular formula is C24H27FN4O2. The fourth-order valence-electron chi connectivity index (χ4n) is 3.41. The fraction of sp³-hybridized carbons (Fsp3) is 0.292. The van der Waals surface area contributed by atoms with Crippen molar-refractivity contribution in [3.05, 3.63) is 71.3 Å². The van der Waals surface area contributed by atoms with Crippen molar-refractivity contribution < 1.29 is 13.9 Å². The molecule has 2 heterocycles. The van der Waals surface area contributed by atoms with E-state index in [2.05, 4.69) is 20.2 Å². The van der Waals surface area contributed by atoms with Crippen LogP contribution in [0.15, 0.2) is 53.8 Å². The minimum Gasteiger partial charge on any atom is -0.379 e. The Morgan fingerprint density at radius 3 is 2.71 bits per heavy atom. The average molecular weight is 423 g/mol. The molecular weight excluding hydrogens is 395 g/mol. The van der Waals surface area contributed by atoms with Crippen LogP contribution in [-0.2, 0) is 16.1 Å². The van der Waals surface area contributed by atoms with Gasteiger partial charge in [0.1, 0.15) is 5.82 Å². The molecule has 1 fully saturated rings. The first-order valence-corrected chi connectivity index (χ1v) is 10.1. The SMILES string of the molecule is C/C=C(\C=N/C)c1c(F)cncc1/C=C/C(=O)Nc1ccc(CN2CC(OC)C2)cc1. The number of carbonyl (C=O) groups is 1. The van der Waals surface area contributed by atoms with E-state index in [0.29, 0.717) is 28.5 Å². The molecule has 0 bridgehead atoms. The van der Waals surface area contributed by atoms with Crippen LogP contribution < -0.4 is 5.32 Å². The van der Waals surface area contributed by atoms with Crippen LogP contribution in [-0.4, -0.2) is 55.4 Å². The minimum absolute atomic E-state index is 0.306. The van der Waals surface area contributed by atoms with Gasteiger partial charge in [-0.1, -0.05) is 18.2 Å². The lowest BCUT2D eigenvalue weighted by Gasteiger charge is -2.38. The molecule has 1 N–H and O–H groups in total. The van der Waals surface area contributed by atoms with Gasteiger partial charge < -0.3 is 10.1 Å². The van der Waals surface area contributed by atoms with Gasteiger partial charge in [-0.3, -0.25) is 19.7 Å². The van der Waals surface area contributed by atoms with E-state index in [-0.39, 0.29) is 5.91 Å². The van der Waals surface area contributed by atoms with Crippen LogP contribution in [0, 0.1) is 5.82 Å². The zero-order chi connectivity index (χ0) is 22.2. The highest BCUT2D eigenvalue weighted by Crippen LogP contribution is 2.22. The first-order chi connectivity index (χ1) is 15.0. The summed E-state index contributed by atoms with van der Waals surface area (Å²) in [5.74, 6) is -0.773. The highest BCUT2D eigenvalue weighted by atomic mass is 19.1. The number of carbonyl (C=O) groups excluding carboxylic acids is 1. The second-order valence-electron chi connectivity index (χ2n) is 7.29. The van der Waals surface area contributed by atoms with E-state index in [0.717, 1.165) is 25.8 Å². The number of benzene rings is 1. The van der Waals surface area contributed by atoms with Crippen molar-refractivity contribution >= 4 is 29.5 Å². The monoisotopic (exact) mass is 422 g/mol. The van der Waals surface area contributed by atoms with E-state index >= 15 is 0 Å². The van der Waals surface area contributed by atoms with E-state index in [1.54, 1.807) is 39.4 Å². The van der Waals surface area contributed by atoms with Gasteiger partial charge in [-0.25, -0.2) is 4.39 Å². The van der Waals surface area contributed by atoms with Gasteiger partial charge in [-0.05, 0) is 36.3 Å². The predicted octanol–water partition coefficient (Wildman–Crippen LogP) is 3.81. The van der Waals surface area contributed by atoms with Crippen molar-refractivity contribution in [2.24, 2.45) is 4.99 Å². The van der Waals surface area contributed by atoms with Crippen LogP contribution in [0.3, 0.4) is 0 Å². The second kappa shape index (κ2) is 10.7. The number of pyridine rings is 1. The maximum Gasteiger partial charge on any atom is 0.248 e. The molecule has 0 atom stereocenters. The van der Waals surface area contributed by atoms with Crippen molar-refractivity contribution in [3.63, 3.8) is 0 Å². The van der Waals surface area contributed by atoms with Gasteiger partial charge in [-0.2, -0.15) is 0 Å². The molecule has 1 amide bonds. The lowest BCUT2D eigenvalue weighted by Crippen LogP contribution is -2.50. The Morgan fingerprint density at radius 1 is 1.32 bits per heavy atom. The molecule has 2 aromatic rings. The largest absolute Gasteiger partial charge is 0.379 e. The highest BCUT2D eigenvalue weighted by Gasteiger charge is 2.25. The summed E-state index contributed by atoms with van der Waals surface area (Å²) in [7, 11) is 3.36. The van der Waals surface area contributed by atoms with Crippen LogP contribution in [0.1, 0.15) is 23.6 Å². The molecule has 6 nitrogen and oxygen atoms in total.